The van der Waals surface area contributed by atoms with Crippen LogP contribution < -0.4 is 10.6 Å². The first-order valence-electron chi connectivity index (χ1n) is 5.92. The molecule has 0 spiro atoms. The van der Waals surface area contributed by atoms with Gasteiger partial charge in [-0.2, -0.15) is 0 Å². The summed E-state index contributed by atoms with van der Waals surface area (Å²) in [6, 6.07) is 0. The summed E-state index contributed by atoms with van der Waals surface area (Å²) in [6.45, 7) is 5.18. The van der Waals surface area contributed by atoms with E-state index in [0.717, 1.165) is 44.2 Å². The smallest absolute Gasteiger partial charge is 0.147 e. The van der Waals surface area contributed by atoms with Gasteiger partial charge in [0.2, 0.25) is 0 Å². The molecule has 1 aromatic heterocycles. The maximum atomic E-state index is 8.87. The highest BCUT2D eigenvalue weighted by Crippen LogP contribution is 2.11. The average Bonchev–Trinajstić information content (AvgIpc) is 2.40. The summed E-state index contributed by atoms with van der Waals surface area (Å²) >= 11 is 0. The summed E-state index contributed by atoms with van der Waals surface area (Å²) in [5, 5.41) is 8.87. The van der Waals surface area contributed by atoms with Gasteiger partial charge in [0.05, 0.1) is 24.7 Å². The molecule has 6 heteroatoms. The summed E-state index contributed by atoms with van der Waals surface area (Å²) < 4.78 is 0. The molecule has 1 aliphatic heterocycles. The Balaban J connectivity index is 1.91. The zero-order valence-electron chi connectivity index (χ0n) is 9.92. The van der Waals surface area contributed by atoms with Crippen LogP contribution in [-0.2, 0) is 6.54 Å². The highest BCUT2D eigenvalue weighted by molar-refractivity contribution is 5.36. The fourth-order valence-corrected chi connectivity index (χ4v) is 1.96. The van der Waals surface area contributed by atoms with Gasteiger partial charge in [-0.15, -0.1) is 0 Å². The van der Waals surface area contributed by atoms with Gasteiger partial charge in [-0.3, -0.25) is 9.88 Å². The van der Waals surface area contributed by atoms with E-state index in [1.165, 1.54) is 0 Å². The van der Waals surface area contributed by atoms with Crippen molar-refractivity contribution in [1.82, 2.24) is 14.9 Å². The molecule has 3 N–H and O–H groups in total. The minimum Gasteiger partial charge on any atom is -0.395 e. The SMILES string of the molecule is NCc1cnc(N2CCN(CCO)CC2)cn1. The highest BCUT2D eigenvalue weighted by Gasteiger charge is 2.17. The van der Waals surface area contributed by atoms with E-state index in [4.69, 9.17) is 10.8 Å². The number of β-amino-alcohol motifs (C(OH)–C–C–N with tert-alkyl or cyclic N) is 1. The van der Waals surface area contributed by atoms with E-state index >= 15 is 0 Å². The second kappa shape index (κ2) is 5.90. The summed E-state index contributed by atoms with van der Waals surface area (Å²) in [4.78, 5) is 13.1. The molecule has 0 bridgehead atoms. The Morgan fingerprint density at radius 2 is 1.94 bits per heavy atom. The van der Waals surface area contributed by atoms with Crippen LogP contribution in [0.3, 0.4) is 0 Å². The molecule has 1 aromatic rings. The molecule has 0 radical (unpaired) electrons. The van der Waals surface area contributed by atoms with Gasteiger partial charge in [0, 0.05) is 39.3 Å². The minimum atomic E-state index is 0.227. The van der Waals surface area contributed by atoms with Crippen LogP contribution in [0.25, 0.3) is 0 Å². The van der Waals surface area contributed by atoms with Crippen LogP contribution in [0, 0.1) is 0 Å². The Hall–Kier alpha value is -1.24. The standard InChI is InChI=1S/C11H19N5O/c12-7-10-8-14-11(9-13-10)16-3-1-15(2-4-16)5-6-17/h8-9,17H,1-7,12H2. The summed E-state index contributed by atoms with van der Waals surface area (Å²) in [5.41, 5.74) is 6.30. The van der Waals surface area contributed by atoms with E-state index in [0.29, 0.717) is 6.54 Å². The van der Waals surface area contributed by atoms with Crippen LogP contribution in [-0.4, -0.2) is 59.3 Å². The number of nitrogens with zero attached hydrogens (tertiary/aromatic N) is 4. The molecule has 6 nitrogen and oxygen atoms in total. The second-order valence-electron chi connectivity index (χ2n) is 4.12. The molecule has 0 amide bonds. The molecular weight excluding hydrogens is 218 g/mol. The summed E-state index contributed by atoms with van der Waals surface area (Å²) in [6.07, 6.45) is 3.51. The summed E-state index contributed by atoms with van der Waals surface area (Å²) in [5.74, 6) is 0.908. The first-order chi connectivity index (χ1) is 8.33. The van der Waals surface area contributed by atoms with E-state index in [1.54, 1.807) is 12.4 Å². The van der Waals surface area contributed by atoms with E-state index in [9.17, 15) is 0 Å². The molecule has 17 heavy (non-hydrogen) atoms. The monoisotopic (exact) mass is 237 g/mol. The molecule has 0 atom stereocenters. The number of nitrogens with two attached hydrogens (primary N) is 1. The third-order valence-corrected chi connectivity index (χ3v) is 3.01. The fourth-order valence-electron chi connectivity index (χ4n) is 1.96. The lowest BCUT2D eigenvalue weighted by atomic mass is 10.3. The number of hydrogen-bond donors (Lipinski definition) is 2. The van der Waals surface area contributed by atoms with Crippen molar-refractivity contribution >= 4 is 5.82 Å². The highest BCUT2D eigenvalue weighted by atomic mass is 16.3. The second-order valence-corrected chi connectivity index (χ2v) is 4.12. The van der Waals surface area contributed by atoms with Crippen LogP contribution in [0.15, 0.2) is 12.4 Å². The number of aliphatic hydroxyl groups excluding tert-OH is 1. The van der Waals surface area contributed by atoms with Crippen LogP contribution >= 0.6 is 0 Å². The zero-order valence-corrected chi connectivity index (χ0v) is 9.92. The third kappa shape index (κ3) is 3.12. The predicted octanol–water partition coefficient (Wildman–Crippen LogP) is -0.950. The molecule has 94 valence electrons. The van der Waals surface area contributed by atoms with Crippen LogP contribution in [0.5, 0.6) is 0 Å². The Bertz CT molecular complexity index is 334. The molecule has 1 saturated heterocycles. The lowest BCUT2D eigenvalue weighted by Gasteiger charge is -2.34. The van der Waals surface area contributed by atoms with Crippen LogP contribution in [0.1, 0.15) is 5.69 Å². The summed E-state index contributed by atoms with van der Waals surface area (Å²) in [7, 11) is 0. The number of hydrogen-bond acceptors (Lipinski definition) is 6. The Kier molecular flexibility index (Phi) is 4.24. The van der Waals surface area contributed by atoms with Gasteiger partial charge >= 0.3 is 0 Å². The minimum absolute atomic E-state index is 0.227. The lowest BCUT2D eigenvalue weighted by molar-refractivity contribution is 0.188. The first kappa shape index (κ1) is 12.2. The van der Waals surface area contributed by atoms with E-state index in [1.807, 2.05) is 0 Å². The molecule has 0 saturated carbocycles. The zero-order chi connectivity index (χ0) is 12.1. The molecule has 1 aliphatic rings. The number of aliphatic hydroxyl groups is 1. The quantitative estimate of drug-likeness (QED) is 0.703. The maximum absolute atomic E-state index is 8.87. The van der Waals surface area contributed by atoms with Gasteiger partial charge in [0.15, 0.2) is 0 Å². The number of rotatable bonds is 4. The third-order valence-electron chi connectivity index (χ3n) is 3.01. The molecule has 0 unspecified atom stereocenters. The van der Waals surface area contributed by atoms with Gasteiger partial charge in [0.25, 0.3) is 0 Å². The van der Waals surface area contributed by atoms with Gasteiger partial charge in [0.1, 0.15) is 5.82 Å². The topological polar surface area (TPSA) is 78.5 Å². The number of aromatic nitrogens is 2. The molecular formula is C11H19N5O. The van der Waals surface area contributed by atoms with Crippen LogP contribution in [0.2, 0.25) is 0 Å². The Labute approximate surface area is 101 Å². The van der Waals surface area contributed by atoms with Crippen molar-refractivity contribution in [2.45, 2.75) is 6.54 Å². The van der Waals surface area contributed by atoms with Crippen molar-refractivity contribution in [2.75, 3.05) is 44.2 Å². The van der Waals surface area contributed by atoms with Gasteiger partial charge < -0.3 is 15.7 Å². The molecule has 2 heterocycles. The fraction of sp³-hybridized carbons (Fsp3) is 0.636. The van der Waals surface area contributed by atoms with Crippen molar-refractivity contribution in [3.63, 3.8) is 0 Å². The number of anilines is 1. The largest absolute Gasteiger partial charge is 0.395 e. The number of piperazine rings is 1. The first-order valence-corrected chi connectivity index (χ1v) is 5.92. The molecule has 0 aromatic carbocycles. The van der Waals surface area contributed by atoms with Crippen molar-refractivity contribution in [1.29, 1.82) is 0 Å². The average molecular weight is 237 g/mol. The Morgan fingerprint density at radius 1 is 1.18 bits per heavy atom. The molecule has 0 aliphatic carbocycles. The van der Waals surface area contributed by atoms with Gasteiger partial charge in [-0.05, 0) is 0 Å². The van der Waals surface area contributed by atoms with Crippen molar-refractivity contribution in [3.05, 3.63) is 18.1 Å². The molecule has 1 fully saturated rings. The van der Waals surface area contributed by atoms with Crippen molar-refractivity contribution < 1.29 is 5.11 Å². The Morgan fingerprint density at radius 3 is 2.47 bits per heavy atom. The van der Waals surface area contributed by atoms with E-state index in [2.05, 4.69) is 19.8 Å². The van der Waals surface area contributed by atoms with E-state index < -0.39 is 0 Å². The van der Waals surface area contributed by atoms with Crippen LogP contribution in [0.4, 0.5) is 5.82 Å². The van der Waals surface area contributed by atoms with E-state index in [-0.39, 0.29) is 6.61 Å². The normalized spacial score (nSPS) is 17.4. The van der Waals surface area contributed by atoms with Crippen molar-refractivity contribution in [2.24, 2.45) is 5.73 Å². The molecule has 2 rings (SSSR count). The van der Waals surface area contributed by atoms with Gasteiger partial charge in [-0.25, -0.2) is 4.98 Å². The lowest BCUT2D eigenvalue weighted by Crippen LogP contribution is -2.47. The predicted molar refractivity (Wildman–Crippen MR) is 65.7 cm³/mol. The maximum Gasteiger partial charge on any atom is 0.147 e. The van der Waals surface area contributed by atoms with Gasteiger partial charge in [-0.1, -0.05) is 0 Å². The van der Waals surface area contributed by atoms with Crippen molar-refractivity contribution in [3.8, 4) is 0 Å².